The first-order valence-corrected chi connectivity index (χ1v) is 8.14. The van der Waals surface area contributed by atoms with E-state index in [1.54, 1.807) is 6.33 Å². The van der Waals surface area contributed by atoms with E-state index in [-0.39, 0.29) is 12.0 Å². The van der Waals surface area contributed by atoms with E-state index >= 15 is 0 Å². The molecule has 0 radical (unpaired) electrons. The van der Waals surface area contributed by atoms with E-state index < -0.39 is 0 Å². The number of aromatic amines is 1. The lowest BCUT2D eigenvalue weighted by Crippen LogP contribution is -2.45. The summed E-state index contributed by atoms with van der Waals surface area (Å²) in [5.41, 5.74) is 2.55. The van der Waals surface area contributed by atoms with Crippen molar-refractivity contribution in [2.45, 2.75) is 32.2 Å². The van der Waals surface area contributed by atoms with Crippen LogP contribution in [0, 0.1) is 5.41 Å². The van der Waals surface area contributed by atoms with E-state index in [1.807, 2.05) is 6.20 Å². The smallest absolute Gasteiger partial charge is 0.0922 e. The number of imidazole rings is 1. The number of hydrogen-bond donors (Lipinski definition) is 2. The Morgan fingerprint density at radius 3 is 2.86 bits per heavy atom. The van der Waals surface area contributed by atoms with Crippen molar-refractivity contribution in [2.24, 2.45) is 5.41 Å². The molecule has 118 valence electrons. The van der Waals surface area contributed by atoms with Crippen LogP contribution < -0.4 is 0 Å². The molecule has 0 bridgehead atoms. The van der Waals surface area contributed by atoms with E-state index in [1.165, 1.54) is 5.56 Å². The van der Waals surface area contributed by atoms with Crippen molar-refractivity contribution in [3.63, 3.8) is 0 Å². The number of hydrogen-bond acceptors (Lipinski definition) is 3. The van der Waals surface area contributed by atoms with E-state index in [4.69, 9.17) is 0 Å². The first-order valence-electron chi connectivity index (χ1n) is 8.14. The Bertz CT molecular complexity index is 555. The summed E-state index contributed by atoms with van der Waals surface area (Å²) in [4.78, 5) is 9.70. The van der Waals surface area contributed by atoms with Crippen molar-refractivity contribution < 1.29 is 5.11 Å². The fraction of sp³-hybridized carbons (Fsp3) is 0.500. The van der Waals surface area contributed by atoms with E-state index in [0.29, 0.717) is 0 Å². The minimum absolute atomic E-state index is 0.0358. The maximum Gasteiger partial charge on any atom is 0.0922 e. The van der Waals surface area contributed by atoms with E-state index in [0.717, 1.165) is 51.0 Å². The van der Waals surface area contributed by atoms with Gasteiger partial charge in [-0.3, -0.25) is 4.90 Å². The highest BCUT2D eigenvalue weighted by Crippen LogP contribution is 2.34. The molecule has 1 saturated heterocycles. The quantitative estimate of drug-likeness (QED) is 0.862. The lowest BCUT2D eigenvalue weighted by molar-refractivity contribution is 0.0219. The molecule has 0 saturated carbocycles. The third-order valence-electron chi connectivity index (χ3n) is 4.81. The van der Waals surface area contributed by atoms with Crippen LogP contribution in [0.5, 0.6) is 0 Å². The van der Waals surface area contributed by atoms with Gasteiger partial charge in [0.05, 0.1) is 6.33 Å². The number of aliphatic hydroxyl groups excluding tert-OH is 1. The van der Waals surface area contributed by atoms with Gasteiger partial charge in [-0.15, -0.1) is 0 Å². The molecule has 1 aliphatic rings. The molecule has 2 heterocycles. The maximum absolute atomic E-state index is 10.0. The number of likely N-dealkylation sites (tertiary alicyclic amines) is 1. The molecule has 1 fully saturated rings. The molecule has 1 unspecified atom stereocenters. The molecular formula is C18H25N3O. The Hall–Kier alpha value is -1.65. The Morgan fingerprint density at radius 1 is 1.27 bits per heavy atom. The normalized spacial score (nSPS) is 22.8. The fourth-order valence-electron chi connectivity index (χ4n) is 3.52. The van der Waals surface area contributed by atoms with Gasteiger partial charge in [0.25, 0.3) is 0 Å². The molecule has 3 rings (SSSR count). The number of aliphatic hydroxyl groups is 1. The minimum atomic E-state index is 0.0358. The summed E-state index contributed by atoms with van der Waals surface area (Å²) in [6, 6.07) is 10.6. The third kappa shape index (κ3) is 3.76. The zero-order valence-electron chi connectivity index (χ0n) is 13.0. The van der Waals surface area contributed by atoms with Crippen LogP contribution in [-0.4, -0.2) is 39.7 Å². The predicted octanol–water partition coefficient (Wildman–Crippen LogP) is 2.62. The Labute approximate surface area is 132 Å². The monoisotopic (exact) mass is 299 g/mol. The molecule has 2 aromatic rings. The lowest BCUT2D eigenvalue weighted by atomic mass is 9.76. The summed E-state index contributed by atoms with van der Waals surface area (Å²) in [6.07, 6.45) is 7.98. The summed E-state index contributed by atoms with van der Waals surface area (Å²) in [6.45, 7) is 3.24. The molecule has 1 aromatic heterocycles. The zero-order chi connectivity index (χ0) is 15.3. The molecule has 22 heavy (non-hydrogen) atoms. The van der Waals surface area contributed by atoms with Gasteiger partial charge in [-0.2, -0.15) is 0 Å². The number of H-pyrrole nitrogens is 1. The molecule has 4 heteroatoms. The highest BCUT2D eigenvalue weighted by atomic mass is 16.3. The van der Waals surface area contributed by atoms with Gasteiger partial charge in [0.15, 0.2) is 0 Å². The van der Waals surface area contributed by atoms with Crippen LogP contribution in [0.1, 0.15) is 30.5 Å². The minimum Gasteiger partial charge on any atom is -0.396 e. The summed E-state index contributed by atoms with van der Waals surface area (Å²) in [5.74, 6) is 0. The molecule has 0 amide bonds. The molecule has 1 atom stereocenters. The Kier molecular flexibility index (Phi) is 4.90. The molecule has 0 spiro atoms. The number of aromatic nitrogens is 2. The number of rotatable bonds is 6. The van der Waals surface area contributed by atoms with Crippen molar-refractivity contribution in [3.8, 4) is 0 Å². The van der Waals surface area contributed by atoms with Crippen LogP contribution in [-0.2, 0) is 13.0 Å². The van der Waals surface area contributed by atoms with E-state index in [2.05, 4.69) is 45.2 Å². The average Bonchev–Trinajstić information content (AvgIpc) is 3.07. The molecule has 0 aliphatic carbocycles. The van der Waals surface area contributed by atoms with Crippen molar-refractivity contribution in [3.05, 3.63) is 54.1 Å². The topological polar surface area (TPSA) is 52.1 Å². The SMILES string of the molecule is OCC1(CCc2ccccc2)CCCN(Cc2cnc[nH]2)C1. The zero-order valence-corrected chi connectivity index (χ0v) is 13.0. The summed E-state index contributed by atoms with van der Waals surface area (Å²) in [5, 5.41) is 10.0. The first kappa shape index (κ1) is 15.3. The van der Waals surface area contributed by atoms with Crippen LogP contribution in [0.4, 0.5) is 0 Å². The number of nitrogens with zero attached hydrogens (tertiary/aromatic N) is 2. The second kappa shape index (κ2) is 7.07. The van der Waals surface area contributed by atoms with Gasteiger partial charge in [0.1, 0.15) is 0 Å². The number of aryl methyl sites for hydroxylation is 1. The van der Waals surface area contributed by atoms with Crippen LogP contribution in [0.2, 0.25) is 0 Å². The summed E-state index contributed by atoms with van der Waals surface area (Å²) in [7, 11) is 0. The Balaban J connectivity index is 1.61. The molecular weight excluding hydrogens is 274 g/mol. The largest absolute Gasteiger partial charge is 0.396 e. The van der Waals surface area contributed by atoms with Gasteiger partial charge in [0, 0.05) is 37.0 Å². The second-order valence-corrected chi connectivity index (χ2v) is 6.53. The Morgan fingerprint density at radius 2 is 2.14 bits per heavy atom. The van der Waals surface area contributed by atoms with Gasteiger partial charge in [-0.05, 0) is 37.8 Å². The van der Waals surface area contributed by atoms with Crippen molar-refractivity contribution in [1.29, 1.82) is 0 Å². The molecule has 4 nitrogen and oxygen atoms in total. The highest BCUT2D eigenvalue weighted by Gasteiger charge is 2.34. The van der Waals surface area contributed by atoms with E-state index in [9.17, 15) is 5.11 Å². The summed E-state index contributed by atoms with van der Waals surface area (Å²) >= 11 is 0. The van der Waals surface area contributed by atoms with Gasteiger partial charge in [-0.25, -0.2) is 4.98 Å². The third-order valence-corrected chi connectivity index (χ3v) is 4.81. The molecule has 1 aliphatic heterocycles. The fourth-order valence-corrected chi connectivity index (χ4v) is 3.52. The second-order valence-electron chi connectivity index (χ2n) is 6.53. The number of nitrogens with one attached hydrogen (secondary N) is 1. The number of benzene rings is 1. The van der Waals surface area contributed by atoms with Crippen LogP contribution in [0.3, 0.4) is 0 Å². The van der Waals surface area contributed by atoms with Crippen molar-refractivity contribution in [2.75, 3.05) is 19.7 Å². The molecule has 2 N–H and O–H groups in total. The van der Waals surface area contributed by atoms with Crippen molar-refractivity contribution >= 4 is 0 Å². The highest BCUT2D eigenvalue weighted by molar-refractivity contribution is 5.15. The summed E-state index contributed by atoms with van der Waals surface area (Å²) < 4.78 is 0. The van der Waals surface area contributed by atoms with Crippen LogP contribution in [0.15, 0.2) is 42.9 Å². The van der Waals surface area contributed by atoms with Crippen LogP contribution >= 0.6 is 0 Å². The number of piperidine rings is 1. The maximum atomic E-state index is 10.0. The van der Waals surface area contributed by atoms with Crippen LogP contribution in [0.25, 0.3) is 0 Å². The standard InChI is InChI=1S/C18H25N3O/c22-14-18(9-7-16-5-2-1-3-6-16)8-4-10-21(13-18)12-17-11-19-15-20-17/h1-3,5-6,11,15,22H,4,7-10,12-14H2,(H,19,20). The lowest BCUT2D eigenvalue weighted by Gasteiger charge is -2.42. The predicted molar refractivity (Wildman–Crippen MR) is 87.4 cm³/mol. The van der Waals surface area contributed by atoms with Gasteiger partial charge in [0.2, 0.25) is 0 Å². The van der Waals surface area contributed by atoms with Gasteiger partial charge >= 0.3 is 0 Å². The average molecular weight is 299 g/mol. The van der Waals surface area contributed by atoms with Gasteiger partial charge in [-0.1, -0.05) is 30.3 Å². The van der Waals surface area contributed by atoms with Gasteiger partial charge < -0.3 is 10.1 Å². The van der Waals surface area contributed by atoms with Crippen molar-refractivity contribution in [1.82, 2.24) is 14.9 Å². The molecule has 1 aromatic carbocycles. The first-order chi connectivity index (χ1) is 10.8.